The molecule has 0 atom stereocenters. The summed E-state index contributed by atoms with van der Waals surface area (Å²) in [7, 11) is 0. The maximum Gasteiger partial charge on any atom is 0.411 e. The highest BCUT2D eigenvalue weighted by molar-refractivity contribution is 6.03. The molecule has 1 aromatic heterocycles. The van der Waals surface area contributed by atoms with Crippen molar-refractivity contribution in [1.82, 2.24) is 5.16 Å². The van der Waals surface area contributed by atoms with E-state index in [1.165, 1.54) is 0 Å². The molecule has 0 saturated heterocycles. The molecule has 1 aliphatic rings. The van der Waals surface area contributed by atoms with Crippen LogP contribution in [0.1, 0.15) is 41.9 Å². The molecule has 7 nitrogen and oxygen atoms in total. The zero-order chi connectivity index (χ0) is 16.2. The zero-order valence-corrected chi connectivity index (χ0v) is 12.7. The predicted molar refractivity (Wildman–Crippen MR) is 83.5 cm³/mol. The van der Waals surface area contributed by atoms with Crippen molar-refractivity contribution in [1.29, 1.82) is 0 Å². The fourth-order valence-corrected chi connectivity index (χ4v) is 2.07. The highest BCUT2D eigenvalue weighted by Gasteiger charge is 2.28. The van der Waals surface area contributed by atoms with Gasteiger partial charge in [0.1, 0.15) is 5.76 Å². The van der Waals surface area contributed by atoms with Crippen molar-refractivity contribution < 1.29 is 18.8 Å². The molecule has 1 saturated carbocycles. The van der Waals surface area contributed by atoms with Crippen molar-refractivity contribution in [3.8, 4) is 0 Å². The van der Waals surface area contributed by atoms with Crippen LogP contribution in [-0.2, 0) is 4.74 Å². The van der Waals surface area contributed by atoms with Gasteiger partial charge in [-0.1, -0.05) is 5.16 Å². The third-order valence-corrected chi connectivity index (χ3v) is 3.41. The molecule has 0 radical (unpaired) electrons. The molecular weight excluding hydrogens is 298 g/mol. The van der Waals surface area contributed by atoms with Gasteiger partial charge in [-0.2, -0.15) is 0 Å². The first-order valence-corrected chi connectivity index (χ1v) is 7.47. The van der Waals surface area contributed by atoms with Gasteiger partial charge in [0.2, 0.25) is 0 Å². The Morgan fingerprint density at radius 2 is 1.87 bits per heavy atom. The van der Waals surface area contributed by atoms with E-state index in [0.29, 0.717) is 23.9 Å². The molecule has 23 heavy (non-hydrogen) atoms. The molecule has 1 fully saturated rings. The summed E-state index contributed by atoms with van der Waals surface area (Å²) in [5, 5.41) is 9.10. The van der Waals surface area contributed by atoms with Crippen molar-refractivity contribution in [3.63, 3.8) is 0 Å². The number of anilines is 2. The van der Waals surface area contributed by atoms with E-state index in [-0.39, 0.29) is 11.6 Å². The molecule has 1 aromatic carbocycles. The molecule has 0 spiro atoms. The summed E-state index contributed by atoms with van der Waals surface area (Å²) in [5.74, 6) is 0.855. The molecule has 2 N–H and O–H groups in total. The van der Waals surface area contributed by atoms with E-state index >= 15 is 0 Å². The van der Waals surface area contributed by atoms with E-state index in [0.717, 1.165) is 18.6 Å². The minimum atomic E-state index is -0.514. The van der Waals surface area contributed by atoms with Crippen LogP contribution in [0.4, 0.5) is 16.2 Å². The average Bonchev–Trinajstić information content (AvgIpc) is 3.26. The van der Waals surface area contributed by atoms with E-state index in [1.54, 1.807) is 37.3 Å². The summed E-state index contributed by atoms with van der Waals surface area (Å²) in [6, 6.07) is 8.39. The van der Waals surface area contributed by atoms with Crippen molar-refractivity contribution in [2.75, 3.05) is 17.2 Å². The summed E-state index contributed by atoms with van der Waals surface area (Å²) in [6.07, 6.45) is 1.66. The maximum absolute atomic E-state index is 12.1. The van der Waals surface area contributed by atoms with Gasteiger partial charge in [0, 0.05) is 23.4 Å². The number of nitrogens with one attached hydrogen (secondary N) is 2. The second-order valence-electron chi connectivity index (χ2n) is 5.27. The molecule has 3 rings (SSSR count). The molecule has 0 aliphatic heterocycles. The topological polar surface area (TPSA) is 93.5 Å². The van der Waals surface area contributed by atoms with Crippen molar-refractivity contribution in [3.05, 3.63) is 41.8 Å². The van der Waals surface area contributed by atoms with Gasteiger partial charge in [0.15, 0.2) is 5.69 Å². The van der Waals surface area contributed by atoms with Gasteiger partial charge < -0.3 is 14.6 Å². The Morgan fingerprint density at radius 1 is 1.22 bits per heavy atom. The largest absolute Gasteiger partial charge is 0.450 e. The number of nitrogens with zero attached hydrogens (tertiary/aromatic N) is 1. The molecule has 0 unspecified atom stereocenters. The highest BCUT2D eigenvalue weighted by atomic mass is 16.5. The van der Waals surface area contributed by atoms with Crippen LogP contribution >= 0.6 is 0 Å². The van der Waals surface area contributed by atoms with Crippen molar-refractivity contribution >= 4 is 23.4 Å². The number of ether oxygens (including phenoxy) is 1. The quantitative estimate of drug-likeness (QED) is 0.882. The lowest BCUT2D eigenvalue weighted by Gasteiger charge is -2.07. The molecule has 2 aromatic rings. The molecule has 2 amide bonds. The van der Waals surface area contributed by atoms with Crippen LogP contribution in [0.5, 0.6) is 0 Å². The van der Waals surface area contributed by atoms with E-state index < -0.39 is 6.09 Å². The smallest absolute Gasteiger partial charge is 0.411 e. The number of carbonyl (C=O) groups is 2. The Balaban J connectivity index is 1.58. The molecule has 0 bridgehead atoms. The number of rotatable bonds is 5. The second-order valence-corrected chi connectivity index (χ2v) is 5.27. The van der Waals surface area contributed by atoms with Crippen LogP contribution in [0.25, 0.3) is 0 Å². The van der Waals surface area contributed by atoms with Crippen molar-refractivity contribution in [2.24, 2.45) is 0 Å². The van der Waals surface area contributed by atoms with E-state index in [1.807, 2.05) is 0 Å². The lowest BCUT2D eigenvalue weighted by Crippen LogP contribution is -2.14. The number of aromatic nitrogens is 1. The first kappa shape index (κ1) is 15.1. The molecular formula is C16H17N3O4. The fourth-order valence-electron chi connectivity index (χ4n) is 2.07. The predicted octanol–water partition coefficient (Wildman–Crippen LogP) is 3.37. The zero-order valence-electron chi connectivity index (χ0n) is 12.7. The van der Waals surface area contributed by atoms with E-state index in [2.05, 4.69) is 15.8 Å². The van der Waals surface area contributed by atoms with Crippen LogP contribution < -0.4 is 10.6 Å². The number of amides is 2. The van der Waals surface area contributed by atoms with Gasteiger partial charge in [0.05, 0.1) is 6.61 Å². The van der Waals surface area contributed by atoms with Gasteiger partial charge in [-0.3, -0.25) is 10.1 Å². The van der Waals surface area contributed by atoms with Gasteiger partial charge in [0.25, 0.3) is 5.91 Å². The minimum absolute atomic E-state index is 0.264. The van der Waals surface area contributed by atoms with Crippen LogP contribution in [0.3, 0.4) is 0 Å². The molecule has 7 heteroatoms. The van der Waals surface area contributed by atoms with Crippen LogP contribution in [0, 0.1) is 0 Å². The maximum atomic E-state index is 12.1. The normalized spacial score (nSPS) is 13.4. The Kier molecular flexibility index (Phi) is 4.27. The third-order valence-electron chi connectivity index (χ3n) is 3.41. The number of carbonyl (C=O) groups excluding carboxylic acids is 2. The first-order valence-electron chi connectivity index (χ1n) is 7.47. The SMILES string of the molecule is CCOC(=O)Nc1ccc(NC(=O)c2cc(C3CC3)on2)cc1. The molecule has 1 aliphatic carbocycles. The van der Waals surface area contributed by atoms with Gasteiger partial charge in [-0.25, -0.2) is 4.79 Å². The fraction of sp³-hybridized carbons (Fsp3) is 0.312. The Hall–Kier alpha value is -2.83. The van der Waals surface area contributed by atoms with Crippen LogP contribution in [0.2, 0.25) is 0 Å². The van der Waals surface area contributed by atoms with Gasteiger partial charge >= 0.3 is 6.09 Å². The number of hydrogen-bond acceptors (Lipinski definition) is 5. The number of benzene rings is 1. The Bertz CT molecular complexity index is 704. The van der Waals surface area contributed by atoms with Gasteiger partial charge in [-0.15, -0.1) is 0 Å². The highest BCUT2D eigenvalue weighted by Crippen LogP contribution is 2.40. The van der Waals surface area contributed by atoms with Crippen LogP contribution in [0.15, 0.2) is 34.9 Å². The molecule has 1 heterocycles. The Morgan fingerprint density at radius 3 is 2.48 bits per heavy atom. The third kappa shape index (κ3) is 3.88. The van der Waals surface area contributed by atoms with Gasteiger partial charge in [-0.05, 0) is 44.0 Å². The first-order chi connectivity index (χ1) is 11.2. The summed E-state index contributed by atoms with van der Waals surface area (Å²) >= 11 is 0. The average molecular weight is 315 g/mol. The minimum Gasteiger partial charge on any atom is -0.450 e. The second kappa shape index (κ2) is 6.51. The number of hydrogen-bond donors (Lipinski definition) is 2. The monoisotopic (exact) mass is 315 g/mol. The van der Waals surface area contributed by atoms with Crippen LogP contribution in [-0.4, -0.2) is 23.8 Å². The lowest BCUT2D eigenvalue weighted by molar-refractivity contribution is 0.101. The summed E-state index contributed by atoms with van der Waals surface area (Å²) in [4.78, 5) is 23.4. The van der Waals surface area contributed by atoms with Crippen molar-refractivity contribution in [2.45, 2.75) is 25.7 Å². The summed E-state index contributed by atoms with van der Waals surface area (Å²) in [5.41, 5.74) is 1.44. The molecule has 120 valence electrons. The Labute approximate surface area is 133 Å². The van der Waals surface area contributed by atoms with E-state index in [4.69, 9.17) is 9.26 Å². The summed E-state index contributed by atoms with van der Waals surface area (Å²) in [6.45, 7) is 2.04. The standard InChI is InChI=1S/C16H17N3O4/c1-2-22-16(21)18-12-7-5-11(6-8-12)17-15(20)13-9-14(23-19-13)10-3-4-10/h5-10H,2-4H2,1H3,(H,17,20)(H,18,21). The lowest BCUT2D eigenvalue weighted by atomic mass is 10.2. The summed E-state index contributed by atoms with van der Waals surface area (Å²) < 4.78 is 9.95. The van der Waals surface area contributed by atoms with E-state index in [9.17, 15) is 9.59 Å².